The van der Waals surface area contributed by atoms with Gasteiger partial charge in [-0.25, -0.2) is 4.98 Å². The Labute approximate surface area is 131 Å². The van der Waals surface area contributed by atoms with Crippen molar-refractivity contribution in [1.29, 1.82) is 0 Å². The molecule has 0 unspecified atom stereocenters. The van der Waals surface area contributed by atoms with E-state index < -0.39 is 0 Å². The van der Waals surface area contributed by atoms with Crippen LogP contribution in [0, 0.1) is 0 Å². The normalized spacial score (nSPS) is 19.0. The van der Waals surface area contributed by atoms with Crippen LogP contribution in [-0.2, 0) is 17.7 Å². The second-order valence-electron chi connectivity index (χ2n) is 5.55. The highest BCUT2D eigenvalue weighted by molar-refractivity contribution is 5.42. The zero-order valence-electron chi connectivity index (χ0n) is 12.9. The second-order valence-corrected chi connectivity index (χ2v) is 5.55. The summed E-state index contributed by atoms with van der Waals surface area (Å²) in [6.07, 6.45) is 6.69. The molecule has 1 aliphatic heterocycles. The van der Waals surface area contributed by atoms with Gasteiger partial charge in [0.25, 0.3) is 0 Å². The summed E-state index contributed by atoms with van der Waals surface area (Å²) in [6.45, 7) is 3.57. The number of anilines is 1. The molecular weight excluding hydrogens is 276 g/mol. The molecule has 0 bridgehead atoms. The van der Waals surface area contributed by atoms with Gasteiger partial charge in [-0.05, 0) is 17.7 Å². The Morgan fingerprint density at radius 1 is 1.32 bits per heavy atom. The van der Waals surface area contributed by atoms with Crippen molar-refractivity contribution in [2.24, 2.45) is 0 Å². The van der Waals surface area contributed by atoms with E-state index in [4.69, 9.17) is 4.74 Å². The number of hydrogen-bond acceptors (Lipinski definition) is 5. The fourth-order valence-corrected chi connectivity index (χ4v) is 2.86. The SMILES string of the molecule is CNc1ncccc1CN1CCO[C@@H](Cc2cccnc2)C1. The van der Waals surface area contributed by atoms with Gasteiger partial charge < -0.3 is 10.1 Å². The molecule has 2 aromatic rings. The van der Waals surface area contributed by atoms with Gasteiger partial charge in [0.05, 0.1) is 12.7 Å². The maximum Gasteiger partial charge on any atom is 0.130 e. The van der Waals surface area contributed by atoms with E-state index >= 15 is 0 Å². The molecule has 116 valence electrons. The minimum Gasteiger partial charge on any atom is -0.375 e. The molecule has 0 saturated carbocycles. The Morgan fingerprint density at radius 3 is 3.05 bits per heavy atom. The third-order valence-electron chi connectivity index (χ3n) is 3.93. The standard InChI is InChI=1S/C17H22N4O/c1-18-17-15(5-3-7-20-17)12-21-8-9-22-16(13-21)10-14-4-2-6-19-11-14/h2-7,11,16H,8-10,12-13H2,1H3,(H,18,20)/t16-/m0/s1. The van der Waals surface area contributed by atoms with E-state index in [2.05, 4.69) is 32.3 Å². The van der Waals surface area contributed by atoms with Gasteiger partial charge in [-0.15, -0.1) is 0 Å². The van der Waals surface area contributed by atoms with Crippen molar-refractivity contribution in [2.75, 3.05) is 32.1 Å². The lowest BCUT2D eigenvalue weighted by Gasteiger charge is -2.33. The van der Waals surface area contributed by atoms with E-state index in [1.54, 1.807) is 6.20 Å². The Kier molecular flexibility index (Phi) is 4.98. The molecule has 5 heteroatoms. The molecule has 1 saturated heterocycles. The maximum atomic E-state index is 5.91. The van der Waals surface area contributed by atoms with E-state index in [0.717, 1.165) is 38.5 Å². The predicted molar refractivity (Wildman–Crippen MR) is 86.7 cm³/mol. The smallest absolute Gasteiger partial charge is 0.130 e. The van der Waals surface area contributed by atoms with E-state index in [1.165, 1.54) is 11.1 Å². The average molecular weight is 298 g/mol. The minimum atomic E-state index is 0.229. The molecule has 0 radical (unpaired) electrons. The monoisotopic (exact) mass is 298 g/mol. The van der Waals surface area contributed by atoms with Crippen LogP contribution < -0.4 is 5.32 Å². The molecule has 0 amide bonds. The maximum absolute atomic E-state index is 5.91. The molecule has 2 aromatic heterocycles. The van der Waals surface area contributed by atoms with Gasteiger partial charge in [0.15, 0.2) is 0 Å². The third kappa shape index (κ3) is 3.81. The van der Waals surface area contributed by atoms with Gasteiger partial charge in [-0.2, -0.15) is 0 Å². The molecular formula is C17H22N4O. The van der Waals surface area contributed by atoms with Crippen molar-refractivity contribution < 1.29 is 4.74 Å². The fourth-order valence-electron chi connectivity index (χ4n) is 2.86. The molecule has 22 heavy (non-hydrogen) atoms. The fraction of sp³-hybridized carbons (Fsp3) is 0.412. The summed E-state index contributed by atoms with van der Waals surface area (Å²) >= 11 is 0. The Hall–Kier alpha value is -1.98. The van der Waals surface area contributed by atoms with Crippen LogP contribution in [0.2, 0.25) is 0 Å². The highest BCUT2D eigenvalue weighted by atomic mass is 16.5. The van der Waals surface area contributed by atoms with E-state index in [-0.39, 0.29) is 6.10 Å². The first-order valence-corrected chi connectivity index (χ1v) is 7.69. The van der Waals surface area contributed by atoms with Gasteiger partial charge in [0, 0.05) is 57.3 Å². The molecule has 3 heterocycles. The first kappa shape index (κ1) is 14.9. The molecule has 0 aromatic carbocycles. The van der Waals surface area contributed by atoms with Gasteiger partial charge >= 0.3 is 0 Å². The summed E-state index contributed by atoms with van der Waals surface area (Å²) in [6, 6.07) is 8.20. The molecule has 1 fully saturated rings. The lowest BCUT2D eigenvalue weighted by atomic mass is 10.1. The van der Waals surface area contributed by atoms with Gasteiger partial charge in [-0.1, -0.05) is 12.1 Å². The number of morpholine rings is 1. The molecule has 5 nitrogen and oxygen atoms in total. The van der Waals surface area contributed by atoms with Crippen LogP contribution in [-0.4, -0.2) is 47.7 Å². The van der Waals surface area contributed by atoms with E-state index in [9.17, 15) is 0 Å². The Morgan fingerprint density at radius 2 is 2.23 bits per heavy atom. The number of ether oxygens (including phenoxy) is 1. The van der Waals surface area contributed by atoms with Gasteiger partial charge in [0.2, 0.25) is 0 Å². The van der Waals surface area contributed by atoms with Crippen LogP contribution in [0.5, 0.6) is 0 Å². The summed E-state index contributed by atoms with van der Waals surface area (Å²) < 4.78 is 5.91. The highest BCUT2D eigenvalue weighted by Crippen LogP contribution is 2.17. The van der Waals surface area contributed by atoms with Crippen molar-refractivity contribution in [2.45, 2.75) is 19.1 Å². The summed E-state index contributed by atoms with van der Waals surface area (Å²) in [4.78, 5) is 11.0. The molecule has 0 spiro atoms. The highest BCUT2D eigenvalue weighted by Gasteiger charge is 2.21. The van der Waals surface area contributed by atoms with Crippen LogP contribution in [0.3, 0.4) is 0 Å². The van der Waals surface area contributed by atoms with Crippen molar-refractivity contribution in [3.63, 3.8) is 0 Å². The van der Waals surface area contributed by atoms with Crippen LogP contribution in [0.25, 0.3) is 0 Å². The molecule has 1 aliphatic rings. The zero-order valence-corrected chi connectivity index (χ0v) is 12.9. The predicted octanol–water partition coefficient (Wildman–Crippen LogP) is 1.96. The van der Waals surface area contributed by atoms with Crippen molar-refractivity contribution >= 4 is 5.82 Å². The summed E-state index contributed by atoms with van der Waals surface area (Å²) in [5.41, 5.74) is 2.46. The van der Waals surface area contributed by atoms with Crippen LogP contribution >= 0.6 is 0 Å². The van der Waals surface area contributed by atoms with E-state index in [0.29, 0.717) is 0 Å². The molecule has 3 rings (SSSR count). The Bertz CT molecular complexity index is 590. The Balaban J connectivity index is 1.61. The van der Waals surface area contributed by atoms with Crippen molar-refractivity contribution in [1.82, 2.24) is 14.9 Å². The minimum absolute atomic E-state index is 0.229. The summed E-state index contributed by atoms with van der Waals surface area (Å²) in [5.74, 6) is 0.956. The van der Waals surface area contributed by atoms with Crippen LogP contribution in [0.15, 0.2) is 42.9 Å². The second kappa shape index (κ2) is 7.33. The van der Waals surface area contributed by atoms with Crippen LogP contribution in [0.4, 0.5) is 5.82 Å². The van der Waals surface area contributed by atoms with Crippen molar-refractivity contribution in [3.8, 4) is 0 Å². The van der Waals surface area contributed by atoms with Gasteiger partial charge in [-0.3, -0.25) is 9.88 Å². The third-order valence-corrected chi connectivity index (χ3v) is 3.93. The number of rotatable bonds is 5. The first-order chi connectivity index (χ1) is 10.8. The van der Waals surface area contributed by atoms with Crippen molar-refractivity contribution in [3.05, 3.63) is 54.0 Å². The lowest BCUT2D eigenvalue weighted by molar-refractivity contribution is -0.0304. The topological polar surface area (TPSA) is 50.3 Å². The number of hydrogen-bond donors (Lipinski definition) is 1. The summed E-state index contributed by atoms with van der Waals surface area (Å²) in [5, 5.41) is 3.16. The van der Waals surface area contributed by atoms with Gasteiger partial charge in [0.1, 0.15) is 5.82 Å². The molecule has 0 aliphatic carbocycles. The molecule has 1 atom stereocenters. The van der Waals surface area contributed by atoms with E-state index in [1.807, 2.05) is 31.6 Å². The number of nitrogens with one attached hydrogen (secondary N) is 1. The first-order valence-electron chi connectivity index (χ1n) is 7.69. The summed E-state index contributed by atoms with van der Waals surface area (Å²) in [7, 11) is 1.91. The molecule has 1 N–H and O–H groups in total. The lowest BCUT2D eigenvalue weighted by Crippen LogP contribution is -2.42. The number of nitrogens with zero attached hydrogens (tertiary/aromatic N) is 3. The number of aromatic nitrogens is 2. The quantitative estimate of drug-likeness (QED) is 0.914. The largest absolute Gasteiger partial charge is 0.375 e. The number of pyridine rings is 2. The average Bonchev–Trinajstić information content (AvgIpc) is 2.57. The van der Waals surface area contributed by atoms with Crippen LogP contribution in [0.1, 0.15) is 11.1 Å². The zero-order chi connectivity index (χ0) is 15.2.